The third-order valence-corrected chi connectivity index (χ3v) is 4.72. The zero-order valence-electron chi connectivity index (χ0n) is 12.6. The number of fused-ring (bicyclic) bond motifs is 2. The number of carboxylic acid groups (broad SMARTS) is 1. The maximum absolute atomic E-state index is 12.2. The van der Waals surface area contributed by atoms with E-state index in [1.807, 2.05) is 0 Å². The van der Waals surface area contributed by atoms with Gasteiger partial charge in [-0.05, 0) is 25.7 Å². The van der Waals surface area contributed by atoms with Gasteiger partial charge in [0, 0.05) is 13.1 Å². The number of amides is 4. The molecular weight excluding hydrogens is 308 g/mol. The smallest absolute Gasteiger partial charge is 0.407 e. The van der Waals surface area contributed by atoms with Gasteiger partial charge in [-0.25, -0.2) is 20.1 Å². The highest BCUT2D eigenvalue weighted by Gasteiger charge is 2.46. The summed E-state index contributed by atoms with van der Waals surface area (Å²) in [4.78, 5) is 42.8. The number of hydrogen-bond donors (Lipinski definition) is 3. The SMILES string of the molecule is O=C(NOC[C@@H]1CCCN1C(=O)O)[C@@H]1CC[C@@H]2CN1C(=O)N2O. The maximum atomic E-state index is 12.2. The molecule has 0 spiro atoms. The van der Waals surface area contributed by atoms with Crippen LogP contribution in [0.25, 0.3) is 0 Å². The lowest BCUT2D eigenvalue weighted by Crippen LogP contribution is -2.50. The molecule has 3 aliphatic rings. The van der Waals surface area contributed by atoms with Crippen LogP contribution >= 0.6 is 0 Å². The molecule has 10 nitrogen and oxygen atoms in total. The number of hydrogen-bond acceptors (Lipinski definition) is 5. The number of urea groups is 1. The molecule has 3 rings (SSSR count). The minimum absolute atomic E-state index is 0.0768. The van der Waals surface area contributed by atoms with E-state index < -0.39 is 24.1 Å². The largest absolute Gasteiger partial charge is 0.465 e. The van der Waals surface area contributed by atoms with E-state index in [2.05, 4.69) is 5.48 Å². The lowest BCUT2D eigenvalue weighted by Gasteiger charge is -2.29. The molecule has 23 heavy (non-hydrogen) atoms. The van der Waals surface area contributed by atoms with Crippen LogP contribution in [-0.4, -0.2) is 81.0 Å². The van der Waals surface area contributed by atoms with Crippen molar-refractivity contribution in [2.45, 2.75) is 43.8 Å². The third-order valence-electron chi connectivity index (χ3n) is 4.72. The first-order valence-electron chi connectivity index (χ1n) is 7.69. The Labute approximate surface area is 132 Å². The first kappa shape index (κ1) is 15.8. The first-order chi connectivity index (χ1) is 11.0. The molecule has 0 unspecified atom stereocenters. The van der Waals surface area contributed by atoms with E-state index in [1.165, 1.54) is 9.80 Å². The third kappa shape index (κ3) is 2.91. The van der Waals surface area contributed by atoms with Crippen LogP contribution in [0.4, 0.5) is 9.59 Å². The monoisotopic (exact) mass is 328 g/mol. The van der Waals surface area contributed by atoms with Crippen molar-refractivity contribution in [3.05, 3.63) is 0 Å². The van der Waals surface area contributed by atoms with Crippen LogP contribution in [0.1, 0.15) is 25.7 Å². The van der Waals surface area contributed by atoms with Gasteiger partial charge in [0.25, 0.3) is 5.91 Å². The van der Waals surface area contributed by atoms with Gasteiger partial charge < -0.3 is 14.9 Å². The lowest BCUT2D eigenvalue weighted by atomic mass is 10.0. The Bertz CT molecular complexity index is 515. The highest BCUT2D eigenvalue weighted by Crippen LogP contribution is 2.28. The van der Waals surface area contributed by atoms with Crippen molar-refractivity contribution in [1.82, 2.24) is 20.3 Å². The van der Waals surface area contributed by atoms with Crippen LogP contribution < -0.4 is 5.48 Å². The normalized spacial score (nSPS) is 30.0. The molecule has 10 heteroatoms. The molecule has 0 radical (unpaired) electrons. The van der Waals surface area contributed by atoms with Crippen LogP contribution in [0.3, 0.4) is 0 Å². The topological polar surface area (TPSA) is 123 Å². The van der Waals surface area contributed by atoms with E-state index in [0.29, 0.717) is 37.4 Å². The van der Waals surface area contributed by atoms with Crippen molar-refractivity contribution in [3.63, 3.8) is 0 Å². The van der Waals surface area contributed by atoms with Gasteiger partial charge >= 0.3 is 12.1 Å². The molecule has 0 saturated carbocycles. The second kappa shape index (κ2) is 6.20. The van der Waals surface area contributed by atoms with Crippen molar-refractivity contribution in [1.29, 1.82) is 0 Å². The number of nitrogens with zero attached hydrogens (tertiary/aromatic N) is 3. The Morgan fingerprint density at radius 1 is 1.30 bits per heavy atom. The second-order valence-corrected chi connectivity index (χ2v) is 6.08. The summed E-state index contributed by atoms with van der Waals surface area (Å²) in [6.45, 7) is 0.867. The van der Waals surface area contributed by atoms with Crippen LogP contribution in [0, 0.1) is 0 Å². The zero-order valence-corrected chi connectivity index (χ0v) is 12.6. The molecule has 2 bridgehead atoms. The number of likely N-dealkylation sites (tertiary alicyclic amines) is 1. The van der Waals surface area contributed by atoms with Crippen LogP contribution in [-0.2, 0) is 9.63 Å². The van der Waals surface area contributed by atoms with Crippen molar-refractivity contribution in [2.24, 2.45) is 0 Å². The minimum Gasteiger partial charge on any atom is -0.465 e. The summed E-state index contributed by atoms with van der Waals surface area (Å²) in [5.41, 5.74) is 2.30. The van der Waals surface area contributed by atoms with Gasteiger partial charge in [-0.3, -0.25) is 14.8 Å². The zero-order chi connectivity index (χ0) is 16.6. The van der Waals surface area contributed by atoms with E-state index in [1.54, 1.807) is 0 Å². The Hall–Kier alpha value is -2.07. The predicted octanol–water partition coefficient (Wildman–Crippen LogP) is -0.166. The number of hydroxylamine groups is 3. The fourth-order valence-corrected chi connectivity index (χ4v) is 3.46. The summed E-state index contributed by atoms with van der Waals surface area (Å²) in [7, 11) is 0. The standard InChI is InChI=1S/C13H20N4O6/c18-11(10-4-3-8-6-16(10)12(19)17(8)22)14-23-7-9-2-1-5-15(9)13(20)21/h8-10,22H,1-7H2,(H,14,18)(H,20,21)/t8-,9+,10+/m1/s1. The van der Waals surface area contributed by atoms with Crippen molar-refractivity contribution in [2.75, 3.05) is 19.7 Å². The van der Waals surface area contributed by atoms with E-state index >= 15 is 0 Å². The quantitative estimate of drug-likeness (QED) is 0.486. The van der Waals surface area contributed by atoms with Crippen LogP contribution in [0.5, 0.6) is 0 Å². The van der Waals surface area contributed by atoms with Gasteiger partial charge in [0.2, 0.25) is 0 Å². The predicted molar refractivity (Wildman–Crippen MR) is 74.4 cm³/mol. The molecule has 3 fully saturated rings. The van der Waals surface area contributed by atoms with Gasteiger partial charge in [0.1, 0.15) is 6.04 Å². The minimum atomic E-state index is -0.994. The molecule has 0 aromatic rings. The maximum Gasteiger partial charge on any atom is 0.407 e. The number of carbonyl (C=O) groups excluding carboxylic acids is 2. The molecule has 4 amide bonds. The molecule has 3 heterocycles. The molecule has 0 aliphatic carbocycles. The molecule has 0 aromatic carbocycles. The molecule has 3 saturated heterocycles. The summed E-state index contributed by atoms with van der Waals surface area (Å²) in [6.07, 6.45) is 1.47. The van der Waals surface area contributed by atoms with E-state index in [9.17, 15) is 19.6 Å². The average molecular weight is 328 g/mol. The summed E-state index contributed by atoms with van der Waals surface area (Å²) in [5.74, 6) is -0.452. The molecule has 3 N–H and O–H groups in total. The molecule has 3 atom stereocenters. The number of carbonyl (C=O) groups is 3. The lowest BCUT2D eigenvalue weighted by molar-refractivity contribution is -0.139. The fraction of sp³-hybridized carbons (Fsp3) is 0.769. The molecule has 128 valence electrons. The Morgan fingerprint density at radius 2 is 2.09 bits per heavy atom. The summed E-state index contributed by atoms with van der Waals surface area (Å²) < 4.78 is 0. The van der Waals surface area contributed by atoms with Gasteiger partial charge in [-0.15, -0.1) is 0 Å². The molecule has 3 aliphatic heterocycles. The van der Waals surface area contributed by atoms with Crippen molar-refractivity contribution < 1.29 is 29.5 Å². The Kier molecular flexibility index (Phi) is 4.26. The Balaban J connectivity index is 1.48. The Morgan fingerprint density at radius 3 is 2.83 bits per heavy atom. The molecular formula is C13H20N4O6. The molecule has 0 aromatic heterocycles. The summed E-state index contributed by atoms with van der Waals surface area (Å²) in [5, 5.41) is 19.3. The van der Waals surface area contributed by atoms with E-state index in [0.717, 1.165) is 6.42 Å². The fourth-order valence-electron chi connectivity index (χ4n) is 3.46. The van der Waals surface area contributed by atoms with E-state index in [4.69, 9.17) is 9.94 Å². The number of piperidine rings is 1. The van der Waals surface area contributed by atoms with Gasteiger partial charge in [0.05, 0.1) is 18.7 Å². The number of nitrogens with one attached hydrogen (secondary N) is 1. The van der Waals surface area contributed by atoms with Gasteiger partial charge in [0.15, 0.2) is 0 Å². The average Bonchev–Trinajstić information content (AvgIpc) is 3.08. The highest BCUT2D eigenvalue weighted by atomic mass is 16.7. The second-order valence-electron chi connectivity index (χ2n) is 6.08. The first-order valence-corrected chi connectivity index (χ1v) is 7.69. The van der Waals surface area contributed by atoms with Crippen molar-refractivity contribution in [3.8, 4) is 0 Å². The van der Waals surface area contributed by atoms with Gasteiger partial charge in [-0.2, -0.15) is 0 Å². The number of rotatable bonds is 4. The highest BCUT2D eigenvalue weighted by molar-refractivity contribution is 5.87. The summed E-state index contributed by atoms with van der Waals surface area (Å²) in [6, 6.07) is -1.77. The van der Waals surface area contributed by atoms with E-state index in [-0.39, 0.29) is 18.7 Å². The van der Waals surface area contributed by atoms with Crippen molar-refractivity contribution >= 4 is 18.0 Å². The van der Waals surface area contributed by atoms with Crippen LogP contribution in [0.15, 0.2) is 0 Å². The summed E-state index contributed by atoms with van der Waals surface area (Å²) >= 11 is 0. The van der Waals surface area contributed by atoms with Crippen LogP contribution in [0.2, 0.25) is 0 Å². The van der Waals surface area contributed by atoms with Gasteiger partial charge in [-0.1, -0.05) is 0 Å².